The van der Waals surface area contributed by atoms with E-state index in [-0.39, 0.29) is 18.4 Å². The van der Waals surface area contributed by atoms with E-state index in [2.05, 4.69) is 5.32 Å². The van der Waals surface area contributed by atoms with Gasteiger partial charge >= 0.3 is 0 Å². The van der Waals surface area contributed by atoms with Crippen LogP contribution in [0, 0.1) is 5.92 Å². The molecule has 1 aliphatic carbocycles. The van der Waals surface area contributed by atoms with Crippen LogP contribution in [0.5, 0.6) is 5.75 Å². The Morgan fingerprint density at radius 2 is 2.14 bits per heavy atom. The number of carbonyl (C=O) groups is 2. The highest BCUT2D eigenvalue weighted by molar-refractivity contribution is 5.79. The summed E-state index contributed by atoms with van der Waals surface area (Å²) in [6.07, 6.45) is 2.97. The zero-order valence-corrected chi connectivity index (χ0v) is 12.0. The monoisotopic (exact) mass is 288 g/mol. The largest absolute Gasteiger partial charge is 0.483 e. The summed E-state index contributed by atoms with van der Waals surface area (Å²) in [5, 5.41) is 2.89. The Hall–Kier alpha value is -2.04. The molecule has 0 radical (unpaired) electrons. The number of amides is 2. The number of hydrogen-bond acceptors (Lipinski definition) is 3. The average molecular weight is 288 g/mol. The first-order valence-electron chi connectivity index (χ1n) is 7.47. The normalized spacial score (nSPS) is 17.7. The quantitative estimate of drug-likeness (QED) is 0.889. The van der Waals surface area contributed by atoms with Crippen LogP contribution in [-0.2, 0) is 16.1 Å². The molecule has 5 heteroatoms. The number of ether oxygens (including phenoxy) is 1. The molecule has 2 aliphatic rings. The molecule has 0 bridgehead atoms. The average Bonchev–Trinajstić information content (AvgIpc) is 3.29. The van der Waals surface area contributed by atoms with Gasteiger partial charge in [0.05, 0.1) is 0 Å². The summed E-state index contributed by atoms with van der Waals surface area (Å²) in [5.74, 6) is 1.41. The topological polar surface area (TPSA) is 58.6 Å². The number of benzene rings is 1. The number of hydrogen-bond donors (Lipinski definition) is 1. The van der Waals surface area contributed by atoms with Crippen LogP contribution in [0.2, 0.25) is 0 Å². The summed E-state index contributed by atoms with van der Waals surface area (Å²) < 4.78 is 5.50. The molecule has 5 nitrogen and oxygen atoms in total. The molecule has 1 saturated carbocycles. The first-order valence-corrected chi connectivity index (χ1v) is 7.47. The number of nitrogens with zero attached hydrogens (tertiary/aromatic N) is 1. The highest BCUT2D eigenvalue weighted by Gasteiger charge is 2.24. The maximum atomic E-state index is 12.0. The predicted octanol–water partition coefficient (Wildman–Crippen LogP) is 1.32. The van der Waals surface area contributed by atoms with Gasteiger partial charge in [0.1, 0.15) is 5.75 Å². The number of carbonyl (C=O) groups excluding carboxylic acids is 2. The van der Waals surface area contributed by atoms with Crippen molar-refractivity contribution in [3.63, 3.8) is 0 Å². The van der Waals surface area contributed by atoms with Gasteiger partial charge in [-0.2, -0.15) is 0 Å². The SMILES string of the molecule is O=C(CC1CC1)NCCN1Cc2ccccc2OCC1=O. The lowest BCUT2D eigenvalue weighted by molar-refractivity contribution is -0.133. The van der Waals surface area contributed by atoms with Gasteiger partial charge in [-0.3, -0.25) is 9.59 Å². The third kappa shape index (κ3) is 3.74. The molecule has 1 aliphatic heterocycles. The van der Waals surface area contributed by atoms with Crippen molar-refractivity contribution in [1.82, 2.24) is 10.2 Å². The molecular weight excluding hydrogens is 268 g/mol. The van der Waals surface area contributed by atoms with Crippen LogP contribution in [0.4, 0.5) is 0 Å². The number of para-hydroxylation sites is 1. The Morgan fingerprint density at radius 3 is 2.95 bits per heavy atom. The van der Waals surface area contributed by atoms with Gasteiger partial charge in [0, 0.05) is 31.6 Å². The van der Waals surface area contributed by atoms with Gasteiger partial charge in [-0.15, -0.1) is 0 Å². The van der Waals surface area contributed by atoms with Crippen LogP contribution in [0.1, 0.15) is 24.8 Å². The zero-order valence-electron chi connectivity index (χ0n) is 12.0. The highest BCUT2D eigenvalue weighted by Crippen LogP contribution is 2.32. The standard InChI is InChI=1S/C16H20N2O3/c19-15(9-12-5-6-12)17-7-8-18-10-13-3-1-2-4-14(13)21-11-16(18)20/h1-4,12H,5-11H2,(H,17,19). The van der Waals surface area contributed by atoms with E-state index in [9.17, 15) is 9.59 Å². The molecule has 1 heterocycles. The molecule has 112 valence electrons. The Bertz CT molecular complexity index is 540. The van der Waals surface area contributed by atoms with E-state index in [0.717, 1.165) is 11.3 Å². The second kappa shape index (κ2) is 6.16. The Morgan fingerprint density at radius 1 is 1.33 bits per heavy atom. The number of rotatable bonds is 5. The molecule has 21 heavy (non-hydrogen) atoms. The first kappa shape index (κ1) is 13.9. The Balaban J connectivity index is 1.51. The zero-order chi connectivity index (χ0) is 14.7. The van der Waals surface area contributed by atoms with E-state index >= 15 is 0 Å². The third-order valence-corrected chi connectivity index (χ3v) is 3.91. The van der Waals surface area contributed by atoms with Gasteiger partial charge in [0.15, 0.2) is 6.61 Å². The van der Waals surface area contributed by atoms with Crippen LogP contribution in [-0.4, -0.2) is 36.4 Å². The fourth-order valence-corrected chi connectivity index (χ4v) is 2.49. The second-order valence-electron chi connectivity index (χ2n) is 5.71. The van der Waals surface area contributed by atoms with Crippen LogP contribution in [0.15, 0.2) is 24.3 Å². The lowest BCUT2D eigenvalue weighted by atomic mass is 10.2. The van der Waals surface area contributed by atoms with Crippen molar-refractivity contribution in [2.45, 2.75) is 25.8 Å². The van der Waals surface area contributed by atoms with Gasteiger partial charge < -0.3 is 15.0 Å². The Labute approximate surface area is 124 Å². The van der Waals surface area contributed by atoms with Crippen molar-refractivity contribution in [3.8, 4) is 5.75 Å². The lowest BCUT2D eigenvalue weighted by Crippen LogP contribution is -2.39. The van der Waals surface area contributed by atoms with Gasteiger partial charge in [-0.1, -0.05) is 18.2 Å². The molecule has 0 spiro atoms. The fourth-order valence-electron chi connectivity index (χ4n) is 2.49. The summed E-state index contributed by atoms with van der Waals surface area (Å²) >= 11 is 0. The molecule has 1 fully saturated rings. The molecule has 0 unspecified atom stereocenters. The summed E-state index contributed by atoms with van der Waals surface area (Å²) in [5.41, 5.74) is 1.01. The smallest absolute Gasteiger partial charge is 0.260 e. The molecule has 3 rings (SSSR count). The minimum atomic E-state index is -0.0392. The van der Waals surface area contributed by atoms with E-state index in [1.165, 1.54) is 12.8 Å². The van der Waals surface area contributed by atoms with E-state index in [1.54, 1.807) is 4.90 Å². The van der Waals surface area contributed by atoms with Crippen molar-refractivity contribution in [2.24, 2.45) is 5.92 Å². The Kier molecular flexibility index (Phi) is 4.08. The summed E-state index contributed by atoms with van der Waals surface area (Å²) in [6, 6.07) is 7.68. The molecule has 0 atom stereocenters. The number of nitrogens with one attached hydrogen (secondary N) is 1. The molecule has 1 N–H and O–H groups in total. The third-order valence-electron chi connectivity index (χ3n) is 3.91. The van der Waals surface area contributed by atoms with Crippen molar-refractivity contribution < 1.29 is 14.3 Å². The van der Waals surface area contributed by atoms with E-state index in [1.807, 2.05) is 24.3 Å². The fraction of sp³-hybridized carbons (Fsp3) is 0.500. The van der Waals surface area contributed by atoms with Gasteiger partial charge in [-0.25, -0.2) is 0 Å². The highest BCUT2D eigenvalue weighted by atomic mass is 16.5. The summed E-state index contributed by atoms with van der Waals surface area (Å²) in [4.78, 5) is 25.4. The molecule has 2 amide bonds. The molecule has 1 aromatic rings. The summed E-state index contributed by atoms with van der Waals surface area (Å²) in [6.45, 7) is 1.62. The summed E-state index contributed by atoms with van der Waals surface area (Å²) in [7, 11) is 0. The van der Waals surface area contributed by atoms with Crippen LogP contribution >= 0.6 is 0 Å². The van der Waals surface area contributed by atoms with Gasteiger partial charge in [0.2, 0.25) is 5.91 Å². The van der Waals surface area contributed by atoms with Crippen molar-refractivity contribution in [2.75, 3.05) is 19.7 Å². The van der Waals surface area contributed by atoms with Crippen molar-refractivity contribution in [1.29, 1.82) is 0 Å². The van der Waals surface area contributed by atoms with E-state index in [0.29, 0.717) is 32.0 Å². The molecule has 0 saturated heterocycles. The van der Waals surface area contributed by atoms with Crippen LogP contribution in [0.3, 0.4) is 0 Å². The minimum absolute atomic E-state index is 0.0392. The van der Waals surface area contributed by atoms with E-state index in [4.69, 9.17) is 4.74 Å². The number of fused-ring (bicyclic) bond motifs is 1. The first-order chi connectivity index (χ1) is 10.2. The van der Waals surface area contributed by atoms with E-state index < -0.39 is 0 Å². The van der Waals surface area contributed by atoms with Crippen LogP contribution < -0.4 is 10.1 Å². The molecular formula is C16H20N2O3. The maximum Gasteiger partial charge on any atom is 0.260 e. The minimum Gasteiger partial charge on any atom is -0.483 e. The van der Waals surface area contributed by atoms with Crippen molar-refractivity contribution in [3.05, 3.63) is 29.8 Å². The van der Waals surface area contributed by atoms with Crippen molar-refractivity contribution >= 4 is 11.8 Å². The van der Waals surface area contributed by atoms with Crippen LogP contribution in [0.25, 0.3) is 0 Å². The lowest BCUT2D eigenvalue weighted by Gasteiger charge is -2.20. The predicted molar refractivity (Wildman–Crippen MR) is 77.7 cm³/mol. The molecule has 1 aromatic carbocycles. The maximum absolute atomic E-state index is 12.0. The molecule has 0 aromatic heterocycles. The second-order valence-corrected chi connectivity index (χ2v) is 5.71. The van der Waals surface area contributed by atoms with Gasteiger partial charge in [-0.05, 0) is 24.8 Å². The van der Waals surface area contributed by atoms with Gasteiger partial charge in [0.25, 0.3) is 5.91 Å².